The average Bonchev–Trinajstić information content (AvgIpc) is 3.75. The van der Waals surface area contributed by atoms with Gasteiger partial charge in [-0.25, -0.2) is 18.4 Å². The summed E-state index contributed by atoms with van der Waals surface area (Å²) in [5.41, 5.74) is 3.39. The van der Waals surface area contributed by atoms with Crippen LogP contribution in [-0.4, -0.2) is 71.8 Å². The van der Waals surface area contributed by atoms with Gasteiger partial charge in [0.1, 0.15) is 14.9 Å². The number of hydrogen-bond donors (Lipinski definition) is 2. The number of sulfone groups is 1. The molecule has 11 nitrogen and oxygen atoms in total. The van der Waals surface area contributed by atoms with Crippen molar-refractivity contribution in [2.45, 2.75) is 42.6 Å². The monoisotopic (exact) mass is 638 g/mol. The van der Waals surface area contributed by atoms with Crippen LogP contribution in [0.5, 0.6) is 5.88 Å². The number of thiazole rings is 1. The third kappa shape index (κ3) is 6.48. The molecule has 0 spiro atoms. The number of anilines is 1. The van der Waals surface area contributed by atoms with E-state index >= 15 is 0 Å². The SMILES string of the molecule is COc1ncc(-c2cc(NC(=O)c3csc(CN4C[C@@H](C)O[C@@H](C)C4)n3)c3cn[nH]c3c2)cc1CS(=O)(=O)c1cccs1. The molecule has 1 aliphatic heterocycles. The van der Waals surface area contributed by atoms with E-state index in [1.807, 2.05) is 12.1 Å². The lowest BCUT2D eigenvalue weighted by Crippen LogP contribution is -2.44. The molecule has 0 unspecified atom stereocenters. The number of amides is 1. The molecule has 1 saturated heterocycles. The summed E-state index contributed by atoms with van der Waals surface area (Å²) in [6, 6.07) is 8.74. The molecule has 6 rings (SSSR count). The molecule has 2 N–H and O–H groups in total. The number of nitrogens with one attached hydrogen (secondary N) is 2. The lowest BCUT2D eigenvalue weighted by molar-refractivity contribution is -0.0705. The number of methoxy groups -OCH3 is 1. The highest BCUT2D eigenvalue weighted by Crippen LogP contribution is 2.33. The van der Waals surface area contributed by atoms with E-state index in [-0.39, 0.29) is 34.0 Å². The van der Waals surface area contributed by atoms with E-state index in [4.69, 9.17) is 9.47 Å². The van der Waals surface area contributed by atoms with Crippen LogP contribution in [0.2, 0.25) is 0 Å². The fraction of sp³-hybridized carbons (Fsp3) is 0.310. The molecule has 0 bridgehead atoms. The summed E-state index contributed by atoms with van der Waals surface area (Å²) in [6.45, 7) is 6.41. The number of morpholine rings is 1. The van der Waals surface area contributed by atoms with E-state index in [1.165, 1.54) is 29.8 Å². The first-order chi connectivity index (χ1) is 20.7. The Balaban J connectivity index is 1.25. The summed E-state index contributed by atoms with van der Waals surface area (Å²) >= 11 is 2.63. The Labute approximate surface area is 256 Å². The molecule has 1 aromatic carbocycles. The highest BCUT2D eigenvalue weighted by atomic mass is 32.2. The van der Waals surface area contributed by atoms with Crippen molar-refractivity contribution in [3.8, 4) is 17.0 Å². The van der Waals surface area contributed by atoms with Crippen LogP contribution in [-0.2, 0) is 26.9 Å². The predicted octanol–water partition coefficient (Wildman–Crippen LogP) is 4.99. The third-order valence-corrected chi connectivity index (χ3v) is 11.0. The largest absolute Gasteiger partial charge is 0.481 e. The number of H-pyrrole nitrogens is 1. The number of ether oxygens (including phenoxy) is 2. The number of hydrogen-bond acceptors (Lipinski definition) is 11. The number of fused-ring (bicyclic) bond motifs is 1. The van der Waals surface area contributed by atoms with Gasteiger partial charge in [-0.2, -0.15) is 5.10 Å². The maximum atomic E-state index is 13.3. The predicted molar refractivity (Wildman–Crippen MR) is 166 cm³/mol. The lowest BCUT2D eigenvalue weighted by Gasteiger charge is -2.34. The first-order valence-corrected chi connectivity index (χ1v) is 17.0. The Hall–Kier alpha value is -3.69. The first kappa shape index (κ1) is 29.4. The maximum Gasteiger partial charge on any atom is 0.275 e. The molecular formula is C29H30N6O5S3. The van der Waals surface area contributed by atoms with Crippen LogP contribution in [0.15, 0.2) is 57.7 Å². The second kappa shape index (κ2) is 12.1. The second-order valence-corrected chi connectivity index (χ2v) is 14.6. The van der Waals surface area contributed by atoms with Gasteiger partial charge in [-0.05, 0) is 49.1 Å². The van der Waals surface area contributed by atoms with Gasteiger partial charge in [-0.3, -0.25) is 14.8 Å². The van der Waals surface area contributed by atoms with Crippen LogP contribution >= 0.6 is 22.7 Å². The van der Waals surface area contributed by atoms with Gasteiger partial charge in [0.25, 0.3) is 5.91 Å². The van der Waals surface area contributed by atoms with E-state index in [1.54, 1.807) is 41.4 Å². The molecule has 4 aromatic heterocycles. The quantitative estimate of drug-likeness (QED) is 0.229. The smallest absolute Gasteiger partial charge is 0.275 e. The molecule has 5 aromatic rings. The fourth-order valence-electron chi connectivity index (χ4n) is 5.26. The molecule has 0 aliphatic carbocycles. The van der Waals surface area contributed by atoms with Crippen molar-refractivity contribution in [3.05, 3.63) is 69.8 Å². The molecule has 224 valence electrons. The molecule has 5 heterocycles. The number of carbonyl (C=O) groups excluding carboxylic acids is 1. The van der Waals surface area contributed by atoms with E-state index < -0.39 is 9.84 Å². The second-order valence-electron chi connectivity index (χ2n) is 10.5. The summed E-state index contributed by atoms with van der Waals surface area (Å²) < 4.78 is 37.5. The molecule has 1 aliphatic rings. The maximum absolute atomic E-state index is 13.3. The highest BCUT2D eigenvalue weighted by molar-refractivity contribution is 7.92. The molecule has 1 amide bonds. The van der Waals surface area contributed by atoms with Gasteiger partial charge < -0.3 is 14.8 Å². The van der Waals surface area contributed by atoms with Crippen molar-refractivity contribution in [2.24, 2.45) is 0 Å². The van der Waals surface area contributed by atoms with Gasteiger partial charge >= 0.3 is 0 Å². The number of rotatable bonds is 9. The number of benzene rings is 1. The van der Waals surface area contributed by atoms with E-state index in [0.717, 1.165) is 23.5 Å². The zero-order valence-corrected chi connectivity index (χ0v) is 26.2. The molecule has 14 heteroatoms. The number of nitrogens with zero attached hydrogens (tertiary/aromatic N) is 4. The Morgan fingerprint density at radius 2 is 1.98 bits per heavy atom. The minimum Gasteiger partial charge on any atom is -0.481 e. The Morgan fingerprint density at radius 3 is 2.72 bits per heavy atom. The minimum absolute atomic E-state index is 0.151. The van der Waals surface area contributed by atoms with Crippen LogP contribution in [0, 0.1) is 0 Å². The van der Waals surface area contributed by atoms with Gasteiger partial charge in [0.2, 0.25) is 5.88 Å². The lowest BCUT2D eigenvalue weighted by atomic mass is 10.0. The van der Waals surface area contributed by atoms with Crippen molar-refractivity contribution >= 4 is 55.0 Å². The van der Waals surface area contributed by atoms with Crippen molar-refractivity contribution in [3.63, 3.8) is 0 Å². The van der Waals surface area contributed by atoms with Crippen LogP contribution in [0.25, 0.3) is 22.0 Å². The number of carbonyl (C=O) groups is 1. The Kier molecular flexibility index (Phi) is 8.29. The van der Waals surface area contributed by atoms with Crippen molar-refractivity contribution in [1.82, 2.24) is 25.1 Å². The van der Waals surface area contributed by atoms with Gasteiger partial charge in [0.15, 0.2) is 9.84 Å². The van der Waals surface area contributed by atoms with Crippen LogP contribution in [0.1, 0.15) is 34.9 Å². The van der Waals surface area contributed by atoms with Crippen LogP contribution in [0.3, 0.4) is 0 Å². The summed E-state index contributed by atoms with van der Waals surface area (Å²) in [4.78, 5) is 24.6. The standard InChI is InChI=1S/C29H30N6O5S3/c1-17-12-35(13-18(2)40-17)14-26-32-25(15-42-26)28(36)33-23-8-19(9-24-22(23)11-31-34-24)20-7-21(29(39-3)30-10-20)16-43(37,38)27-5-4-6-41-27/h4-11,15,17-18H,12-14,16H2,1-3H3,(H,31,34)(H,33,36)/t17-,18+. The summed E-state index contributed by atoms with van der Waals surface area (Å²) in [5.74, 6) is -0.358. The first-order valence-electron chi connectivity index (χ1n) is 13.6. The zero-order valence-electron chi connectivity index (χ0n) is 23.7. The van der Waals surface area contributed by atoms with E-state index in [9.17, 15) is 13.2 Å². The fourth-order valence-corrected chi connectivity index (χ4v) is 8.50. The van der Waals surface area contributed by atoms with Crippen molar-refractivity contribution < 1.29 is 22.7 Å². The molecule has 0 radical (unpaired) electrons. The Bertz CT molecular complexity index is 1860. The number of thiophene rings is 1. The number of aromatic amines is 1. The van der Waals surface area contributed by atoms with E-state index in [0.29, 0.717) is 40.1 Å². The molecular weight excluding hydrogens is 609 g/mol. The summed E-state index contributed by atoms with van der Waals surface area (Å²) in [7, 11) is -2.13. The van der Waals surface area contributed by atoms with E-state index in [2.05, 4.69) is 44.2 Å². The van der Waals surface area contributed by atoms with Gasteiger partial charge in [0.05, 0.1) is 49.0 Å². The van der Waals surface area contributed by atoms with Gasteiger partial charge in [0, 0.05) is 41.2 Å². The highest BCUT2D eigenvalue weighted by Gasteiger charge is 2.24. The van der Waals surface area contributed by atoms with Crippen molar-refractivity contribution in [1.29, 1.82) is 0 Å². The molecule has 2 atom stereocenters. The summed E-state index contributed by atoms with van der Waals surface area (Å²) in [5, 5.41) is 15.2. The Morgan fingerprint density at radius 1 is 1.16 bits per heavy atom. The van der Waals surface area contributed by atoms with Crippen molar-refractivity contribution in [2.75, 3.05) is 25.5 Å². The molecule has 1 fully saturated rings. The average molecular weight is 639 g/mol. The molecule has 0 saturated carbocycles. The normalized spacial score (nSPS) is 17.7. The van der Waals surface area contributed by atoms with Crippen LogP contribution < -0.4 is 10.1 Å². The minimum atomic E-state index is -3.58. The third-order valence-electron chi connectivity index (χ3n) is 7.04. The number of aromatic nitrogens is 4. The summed E-state index contributed by atoms with van der Waals surface area (Å²) in [6.07, 6.45) is 3.56. The van der Waals surface area contributed by atoms with Gasteiger partial charge in [-0.15, -0.1) is 22.7 Å². The molecule has 43 heavy (non-hydrogen) atoms. The number of pyridine rings is 1. The van der Waals surface area contributed by atoms with Crippen LogP contribution in [0.4, 0.5) is 5.69 Å². The zero-order chi connectivity index (χ0) is 30.1. The van der Waals surface area contributed by atoms with Gasteiger partial charge in [-0.1, -0.05) is 6.07 Å². The topological polar surface area (TPSA) is 139 Å².